The topological polar surface area (TPSA) is 46.5 Å². The summed E-state index contributed by atoms with van der Waals surface area (Å²) in [6.07, 6.45) is 7.49. The number of pyridine rings is 1. The minimum absolute atomic E-state index is 0.388. The van der Waals surface area contributed by atoms with Gasteiger partial charge in [0, 0.05) is 24.0 Å². The van der Waals surface area contributed by atoms with Gasteiger partial charge in [0.05, 0.1) is 0 Å². The molecule has 0 amide bonds. The number of hydrogen-bond donors (Lipinski definition) is 1. The number of nitrogens with one attached hydrogen (secondary N) is 1. The van der Waals surface area contributed by atoms with E-state index in [4.69, 9.17) is 12.2 Å². The van der Waals surface area contributed by atoms with Gasteiger partial charge < -0.3 is 0 Å². The van der Waals surface area contributed by atoms with Crippen molar-refractivity contribution in [1.29, 1.82) is 0 Å². The van der Waals surface area contributed by atoms with E-state index >= 15 is 0 Å². The molecule has 1 aliphatic carbocycles. The van der Waals surface area contributed by atoms with E-state index in [9.17, 15) is 0 Å². The smallest absolute Gasteiger partial charge is 0.195 e. The predicted molar refractivity (Wildman–Crippen MR) is 72.7 cm³/mol. The van der Waals surface area contributed by atoms with Gasteiger partial charge in [-0.25, -0.2) is 0 Å². The van der Waals surface area contributed by atoms with Crippen molar-refractivity contribution >= 4 is 12.2 Å². The lowest BCUT2D eigenvalue weighted by Crippen LogP contribution is -2.08. The van der Waals surface area contributed by atoms with Crippen LogP contribution in [0.1, 0.15) is 32.2 Å². The molecular weight excluding hydrogens is 244 g/mol. The molecule has 1 fully saturated rings. The second-order valence-electron chi connectivity index (χ2n) is 4.99. The van der Waals surface area contributed by atoms with Crippen molar-refractivity contribution in [2.45, 2.75) is 32.2 Å². The van der Waals surface area contributed by atoms with Crippen LogP contribution in [0.4, 0.5) is 0 Å². The van der Waals surface area contributed by atoms with Gasteiger partial charge >= 0.3 is 0 Å². The van der Waals surface area contributed by atoms with E-state index in [0.717, 1.165) is 17.3 Å². The van der Waals surface area contributed by atoms with Crippen LogP contribution in [0.3, 0.4) is 0 Å². The largest absolute Gasteiger partial charge is 0.297 e. The van der Waals surface area contributed by atoms with Crippen LogP contribution in [-0.2, 0) is 0 Å². The van der Waals surface area contributed by atoms with Gasteiger partial charge in [0.15, 0.2) is 10.6 Å². The summed E-state index contributed by atoms with van der Waals surface area (Å²) in [5.74, 6) is 1.76. The summed E-state index contributed by atoms with van der Waals surface area (Å²) in [4.78, 5) is 4.14. The lowest BCUT2D eigenvalue weighted by Gasteiger charge is -2.15. The first kappa shape index (κ1) is 11.6. The molecule has 1 unspecified atom stereocenters. The molecule has 0 saturated heterocycles. The highest BCUT2D eigenvalue weighted by atomic mass is 32.1. The standard InChI is InChI=1S/C13H16N4S/c1-9(7-10-4-5-10)17-12(15-16-13(17)18)11-3-2-6-14-8-11/h2-3,6,8-10H,4-5,7H2,1H3,(H,16,18). The maximum Gasteiger partial charge on any atom is 0.195 e. The molecule has 0 radical (unpaired) electrons. The first-order valence-corrected chi connectivity index (χ1v) is 6.74. The molecule has 94 valence electrons. The Balaban J connectivity index is 1.97. The van der Waals surface area contributed by atoms with Gasteiger partial charge in [0.2, 0.25) is 0 Å². The van der Waals surface area contributed by atoms with Crippen molar-refractivity contribution in [2.75, 3.05) is 0 Å². The molecular formula is C13H16N4S. The lowest BCUT2D eigenvalue weighted by atomic mass is 10.1. The van der Waals surface area contributed by atoms with E-state index in [0.29, 0.717) is 10.8 Å². The van der Waals surface area contributed by atoms with Gasteiger partial charge in [0.1, 0.15) is 0 Å². The van der Waals surface area contributed by atoms with Crippen LogP contribution < -0.4 is 0 Å². The Bertz CT molecular complexity index is 583. The lowest BCUT2D eigenvalue weighted by molar-refractivity contribution is 0.475. The van der Waals surface area contributed by atoms with Crippen molar-refractivity contribution in [3.63, 3.8) is 0 Å². The number of nitrogens with zero attached hydrogens (tertiary/aromatic N) is 3. The maximum atomic E-state index is 5.35. The quantitative estimate of drug-likeness (QED) is 0.857. The third-order valence-corrected chi connectivity index (χ3v) is 3.72. The highest BCUT2D eigenvalue weighted by Crippen LogP contribution is 2.37. The van der Waals surface area contributed by atoms with Gasteiger partial charge in [-0.05, 0) is 43.6 Å². The first-order chi connectivity index (χ1) is 8.75. The van der Waals surface area contributed by atoms with Crippen LogP contribution in [0.25, 0.3) is 11.4 Å². The Kier molecular flexibility index (Phi) is 2.99. The zero-order chi connectivity index (χ0) is 12.5. The van der Waals surface area contributed by atoms with Crippen molar-refractivity contribution < 1.29 is 0 Å². The Morgan fingerprint density at radius 1 is 1.56 bits per heavy atom. The summed E-state index contributed by atoms with van der Waals surface area (Å²) >= 11 is 5.35. The monoisotopic (exact) mass is 260 g/mol. The molecule has 2 aromatic heterocycles. The van der Waals surface area contributed by atoms with E-state index in [1.165, 1.54) is 19.3 Å². The highest BCUT2D eigenvalue weighted by molar-refractivity contribution is 7.71. The number of hydrogen-bond acceptors (Lipinski definition) is 3. The number of aromatic amines is 1. The van der Waals surface area contributed by atoms with Gasteiger partial charge in [0.25, 0.3) is 0 Å². The summed E-state index contributed by atoms with van der Waals surface area (Å²) in [7, 11) is 0. The summed E-state index contributed by atoms with van der Waals surface area (Å²) < 4.78 is 2.81. The fourth-order valence-electron chi connectivity index (χ4n) is 2.35. The number of H-pyrrole nitrogens is 1. The molecule has 1 atom stereocenters. The molecule has 0 spiro atoms. The van der Waals surface area contributed by atoms with Crippen LogP contribution in [0, 0.1) is 10.7 Å². The second kappa shape index (κ2) is 4.65. The van der Waals surface area contributed by atoms with Crippen LogP contribution in [0.15, 0.2) is 24.5 Å². The summed E-state index contributed by atoms with van der Waals surface area (Å²) in [5, 5.41) is 7.24. The van der Waals surface area contributed by atoms with E-state index < -0.39 is 0 Å². The Labute approximate surface area is 111 Å². The molecule has 0 aliphatic heterocycles. The maximum absolute atomic E-state index is 5.35. The molecule has 2 aromatic rings. The minimum atomic E-state index is 0.388. The zero-order valence-electron chi connectivity index (χ0n) is 10.3. The van der Waals surface area contributed by atoms with Crippen molar-refractivity contribution in [1.82, 2.24) is 19.7 Å². The molecule has 1 saturated carbocycles. The number of rotatable bonds is 4. The van der Waals surface area contributed by atoms with E-state index in [2.05, 4.69) is 26.7 Å². The Morgan fingerprint density at radius 2 is 2.39 bits per heavy atom. The molecule has 0 bridgehead atoms. The average Bonchev–Trinajstić information content (AvgIpc) is 3.10. The predicted octanol–water partition coefficient (Wildman–Crippen LogP) is 3.36. The highest BCUT2D eigenvalue weighted by Gasteiger charge is 2.25. The van der Waals surface area contributed by atoms with Crippen LogP contribution in [0.2, 0.25) is 0 Å². The van der Waals surface area contributed by atoms with Gasteiger partial charge in [-0.3, -0.25) is 14.6 Å². The van der Waals surface area contributed by atoms with Crippen LogP contribution >= 0.6 is 12.2 Å². The second-order valence-corrected chi connectivity index (χ2v) is 5.38. The van der Waals surface area contributed by atoms with Crippen molar-refractivity contribution in [3.05, 3.63) is 29.3 Å². The molecule has 1 N–H and O–H groups in total. The van der Waals surface area contributed by atoms with Gasteiger partial charge in [-0.15, -0.1) is 0 Å². The summed E-state index contributed by atoms with van der Waals surface area (Å²) in [6, 6.07) is 4.32. The Hall–Kier alpha value is -1.49. The van der Waals surface area contributed by atoms with Crippen LogP contribution in [-0.4, -0.2) is 19.7 Å². The fraction of sp³-hybridized carbons (Fsp3) is 0.462. The molecule has 4 nitrogen and oxygen atoms in total. The minimum Gasteiger partial charge on any atom is -0.297 e. The first-order valence-electron chi connectivity index (χ1n) is 6.33. The fourth-order valence-corrected chi connectivity index (χ4v) is 2.67. The third-order valence-electron chi connectivity index (χ3n) is 3.44. The van der Waals surface area contributed by atoms with Crippen molar-refractivity contribution in [3.8, 4) is 11.4 Å². The van der Waals surface area contributed by atoms with Crippen molar-refractivity contribution in [2.24, 2.45) is 5.92 Å². The molecule has 1 aliphatic rings. The van der Waals surface area contributed by atoms with Crippen LogP contribution in [0.5, 0.6) is 0 Å². The summed E-state index contributed by atoms with van der Waals surface area (Å²) in [5.41, 5.74) is 1.01. The average molecular weight is 260 g/mol. The summed E-state index contributed by atoms with van der Waals surface area (Å²) in [6.45, 7) is 2.21. The molecule has 5 heteroatoms. The van der Waals surface area contributed by atoms with E-state index in [1.807, 2.05) is 18.3 Å². The van der Waals surface area contributed by atoms with E-state index in [-0.39, 0.29) is 0 Å². The van der Waals surface area contributed by atoms with Gasteiger partial charge in [-0.1, -0.05) is 12.8 Å². The molecule has 3 rings (SSSR count). The normalized spacial score (nSPS) is 16.7. The molecule has 18 heavy (non-hydrogen) atoms. The molecule has 2 heterocycles. The Morgan fingerprint density at radius 3 is 3.06 bits per heavy atom. The third kappa shape index (κ3) is 2.22. The van der Waals surface area contributed by atoms with Gasteiger partial charge in [-0.2, -0.15) is 5.10 Å². The van der Waals surface area contributed by atoms with E-state index in [1.54, 1.807) is 6.20 Å². The SMILES string of the molecule is CC(CC1CC1)n1c(-c2cccnc2)n[nH]c1=S. The number of aromatic nitrogens is 4. The molecule has 0 aromatic carbocycles. The zero-order valence-corrected chi connectivity index (χ0v) is 11.2.